The number of aromatic carboxylic acids is 1. The molecule has 7 nitrogen and oxygen atoms in total. The van der Waals surface area contributed by atoms with Gasteiger partial charge in [0.25, 0.3) is 0 Å². The number of rotatable bonds is 4. The predicted octanol–water partition coefficient (Wildman–Crippen LogP) is 2.23. The van der Waals surface area contributed by atoms with Crippen molar-refractivity contribution in [2.24, 2.45) is 0 Å². The van der Waals surface area contributed by atoms with Crippen LogP contribution in [0.2, 0.25) is 0 Å². The van der Waals surface area contributed by atoms with Gasteiger partial charge in [-0.05, 0) is 46.7 Å². The highest BCUT2D eigenvalue weighted by Crippen LogP contribution is 2.27. The first-order valence-electron chi connectivity index (χ1n) is 6.78. The Hall–Kier alpha value is -3.35. The Labute approximate surface area is 131 Å². The van der Waals surface area contributed by atoms with Crippen molar-refractivity contribution in [3.05, 3.63) is 59.9 Å². The van der Waals surface area contributed by atoms with E-state index in [1.807, 2.05) is 0 Å². The molecule has 3 aromatic rings. The van der Waals surface area contributed by atoms with Gasteiger partial charge in [0.1, 0.15) is 6.33 Å². The molecule has 0 spiro atoms. The van der Waals surface area contributed by atoms with Crippen molar-refractivity contribution < 1.29 is 14.7 Å². The van der Waals surface area contributed by atoms with Crippen LogP contribution in [-0.2, 0) is 0 Å². The average Bonchev–Trinajstić information content (AvgIpc) is 3.09. The summed E-state index contributed by atoms with van der Waals surface area (Å²) in [4.78, 5) is 23.2. The van der Waals surface area contributed by atoms with Gasteiger partial charge in [0, 0.05) is 5.56 Å². The molecule has 114 valence electrons. The minimum atomic E-state index is -1.07. The second kappa shape index (κ2) is 5.80. The van der Waals surface area contributed by atoms with Crippen molar-refractivity contribution in [3.8, 4) is 16.8 Å². The predicted molar refractivity (Wildman–Crippen MR) is 81.6 cm³/mol. The van der Waals surface area contributed by atoms with E-state index in [1.165, 1.54) is 30.1 Å². The topological polar surface area (TPSA) is 98.0 Å². The lowest BCUT2D eigenvalue weighted by Crippen LogP contribution is -2.03. The third-order valence-corrected chi connectivity index (χ3v) is 3.40. The van der Waals surface area contributed by atoms with E-state index in [4.69, 9.17) is 0 Å². The molecule has 0 aliphatic heterocycles. The number of carboxylic acids is 1. The van der Waals surface area contributed by atoms with Crippen molar-refractivity contribution >= 4 is 11.8 Å². The van der Waals surface area contributed by atoms with Crippen LogP contribution in [0, 0.1) is 0 Å². The quantitative estimate of drug-likeness (QED) is 0.742. The van der Waals surface area contributed by atoms with Gasteiger partial charge < -0.3 is 5.11 Å². The Bertz CT molecular complexity index is 888. The molecule has 0 amide bonds. The molecule has 0 aliphatic carbocycles. The standard InChI is InChI=1S/C16H12N4O3/c1-10(21)14-4-2-3-5-15(14)11-6-12(16(22)23)8-13(7-11)20-9-17-18-19-20/h2-9H,1H3,(H,22,23). The zero-order valence-corrected chi connectivity index (χ0v) is 12.2. The normalized spacial score (nSPS) is 10.5. The van der Waals surface area contributed by atoms with Crippen LogP contribution >= 0.6 is 0 Å². The van der Waals surface area contributed by atoms with Gasteiger partial charge in [-0.15, -0.1) is 5.10 Å². The molecular formula is C16H12N4O3. The number of hydrogen-bond donors (Lipinski definition) is 1. The van der Waals surface area contributed by atoms with Crippen LogP contribution in [0.5, 0.6) is 0 Å². The van der Waals surface area contributed by atoms with E-state index in [9.17, 15) is 14.7 Å². The van der Waals surface area contributed by atoms with Crippen LogP contribution in [0.25, 0.3) is 16.8 Å². The lowest BCUT2D eigenvalue weighted by atomic mass is 9.95. The van der Waals surface area contributed by atoms with Crippen LogP contribution in [0.4, 0.5) is 0 Å². The molecule has 1 N–H and O–H groups in total. The number of hydrogen-bond acceptors (Lipinski definition) is 5. The van der Waals surface area contributed by atoms with E-state index in [-0.39, 0.29) is 11.3 Å². The summed E-state index contributed by atoms with van der Waals surface area (Å²) in [6.07, 6.45) is 1.38. The summed E-state index contributed by atoms with van der Waals surface area (Å²) in [5, 5.41) is 20.2. The first-order valence-corrected chi connectivity index (χ1v) is 6.78. The second-order valence-electron chi connectivity index (χ2n) is 4.93. The number of carbonyl (C=O) groups is 2. The van der Waals surface area contributed by atoms with Gasteiger partial charge in [-0.1, -0.05) is 24.3 Å². The highest BCUT2D eigenvalue weighted by molar-refractivity contribution is 6.01. The Kier molecular flexibility index (Phi) is 3.68. The molecule has 0 fully saturated rings. The van der Waals surface area contributed by atoms with E-state index < -0.39 is 5.97 Å². The summed E-state index contributed by atoms with van der Waals surface area (Å²) in [5.41, 5.74) is 2.39. The van der Waals surface area contributed by atoms with Crippen molar-refractivity contribution in [1.29, 1.82) is 0 Å². The maximum Gasteiger partial charge on any atom is 0.335 e. The molecule has 0 aliphatic rings. The van der Waals surface area contributed by atoms with Crippen LogP contribution in [-0.4, -0.2) is 37.1 Å². The number of carboxylic acid groups (broad SMARTS) is 1. The van der Waals surface area contributed by atoms with Crippen molar-refractivity contribution in [2.45, 2.75) is 6.92 Å². The molecule has 0 bridgehead atoms. The average molecular weight is 308 g/mol. The Morgan fingerprint density at radius 3 is 2.57 bits per heavy atom. The van der Waals surface area contributed by atoms with E-state index in [0.29, 0.717) is 22.4 Å². The van der Waals surface area contributed by atoms with E-state index >= 15 is 0 Å². The Morgan fingerprint density at radius 2 is 1.91 bits per heavy atom. The summed E-state index contributed by atoms with van der Waals surface area (Å²) in [6.45, 7) is 1.47. The molecule has 0 unspecified atom stereocenters. The van der Waals surface area contributed by atoms with Gasteiger partial charge in [0.15, 0.2) is 5.78 Å². The maximum absolute atomic E-state index is 11.8. The molecule has 3 rings (SSSR count). The molecular weight excluding hydrogens is 296 g/mol. The second-order valence-corrected chi connectivity index (χ2v) is 4.93. The fourth-order valence-electron chi connectivity index (χ4n) is 2.34. The fraction of sp³-hybridized carbons (Fsp3) is 0.0625. The van der Waals surface area contributed by atoms with Crippen LogP contribution < -0.4 is 0 Å². The maximum atomic E-state index is 11.8. The first-order chi connectivity index (χ1) is 11.1. The van der Waals surface area contributed by atoms with Crippen molar-refractivity contribution in [2.75, 3.05) is 0 Å². The molecule has 23 heavy (non-hydrogen) atoms. The van der Waals surface area contributed by atoms with E-state index in [0.717, 1.165) is 0 Å². The lowest BCUT2D eigenvalue weighted by Gasteiger charge is -2.10. The highest BCUT2D eigenvalue weighted by Gasteiger charge is 2.14. The van der Waals surface area contributed by atoms with Gasteiger partial charge in [0.05, 0.1) is 11.3 Å². The number of carbonyl (C=O) groups excluding carboxylic acids is 1. The zero-order chi connectivity index (χ0) is 16.4. The van der Waals surface area contributed by atoms with E-state index in [1.54, 1.807) is 30.3 Å². The third kappa shape index (κ3) is 2.84. The first kappa shape index (κ1) is 14.6. The Balaban J connectivity index is 2.24. The van der Waals surface area contributed by atoms with Crippen molar-refractivity contribution in [1.82, 2.24) is 20.2 Å². The number of tetrazole rings is 1. The van der Waals surface area contributed by atoms with Gasteiger partial charge in [0.2, 0.25) is 0 Å². The largest absolute Gasteiger partial charge is 0.478 e. The number of aromatic nitrogens is 4. The third-order valence-electron chi connectivity index (χ3n) is 3.40. The van der Waals surface area contributed by atoms with Gasteiger partial charge >= 0.3 is 5.97 Å². The van der Waals surface area contributed by atoms with Crippen LogP contribution in [0.15, 0.2) is 48.8 Å². The number of Topliss-reactive ketones (excluding diaryl/α,β-unsaturated/α-hetero) is 1. The molecule has 1 aromatic heterocycles. The molecule has 0 saturated carbocycles. The summed E-state index contributed by atoms with van der Waals surface area (Å²) in [5.74, 6) is -1.16. The highest BCUT2D eigenvalue weighted by atomic mass is 16.4. The number of benzene rings is 2. The molecule has 0 saturated heterocycles. The lowest BCUT2D eigenvalue weighted by molar-refractivity contribution is 0.0696. The summed E-state index contributed by atoms with van der Waals surface area (Å²) in [6, 6.07) is 11.8. The summed E-state index contributed by atoms with van der Waals surface area (Å²) in [7, 11) is 0. The SMILES string of the molecule is CC(=O)c1ccccc1-c1cc(C(=O)O)cc(-n2cnnn2)c1. The molecule has 7 heteroatoms. The minimum absolute atomic E-state index is 0.0892. The van der Waals surface area contributed by atoms with Gasteiger partial charge in [-0.25, -0.2) is 9.48 Å². The minimum Gasteiger partial charge on any atom is -0.478 e. The molecule has 2 aromatic carbocycles. The summed E-state index contributed by atoms with van der Waals surface area (Å²) < 4.78 is 1.37. The molecule has 1 heterocycles. The fourth-order valence-corrected chi connectivity index (χ4v) is 2.34. The molecule has 0 radical (unpaired) electrons. The van der Waals surface area contributed by atoms with Crippen LogP contribution in [0.1, 0.15) is 27.6 Å². The smallest absolute Gasteiger partial charge is 0.335 e. The number of nitrogens with zero attached hydrogens (tertiary/aromatic N) is 4. The molecule has 0 atom stereocenters. The summed E-state index contributed by atoms with van der Waals surface area (Å²) >= 11 is 0. The number of ketones is 1. The van der Waals surface area contributed by atoms with Gasteiger partial charge in [-0.3, -0.25) is 4.79 Å². The van der Waals surface area contributed by atoms with Gasteiger partial charge in [-0.2, -0.15) is 0 Å². The van der Waals surface area contributed by atoms with Crippen LogP contribution in [0.3, 0.4) is 0 Å². The van der Waals surface area contributed by atoms with E-state index in [2.05, 4.69) is 15.5 Å². The zero-order valence-electron chi connectivity index (χ0n) is 12.2. The Morgan fingerprint density at radius 1 is 1.13 bits per heavy atom. The van der Waals surface area contributed by atoms with Crippen molar-refractivity contribution in [3.63, 3.8) is 0 Å². The monoisotopic (exact) mass is 308 g/mol.